The Morgan fingerprint density at radius 3 is 1.97 bits per heavy atom. The molecule has 0 aliphatic rings. The zero-order valence-corrected chi connectivity index (χ0v) is 20.2. The van der Waals surface area contributed by atoms with Gasteiger partial charge in [0, 0.05) is 18.6 Å². The highest BCUT2D eigenvalue weighted by Gasteiger charge is 2.48. The van der Waals surface area contributed by atoms with E-state index >= 15 is 0 Å². The van der Waals surface area contributed by atoms with E-state index in [0.29, 0.717) is 11.1 Å². The number of Topliss-reactive ketones (excluding diaryl/α,β-unsaturated/α-hetero) is 1. The van der Waals surface area contributed by atoms with Crippen molar-refractivity contribution in [3.63, 3.8) is 0 Å². The lowest BCUT2D eigenvalue weighted by molar-refractivity contribution is -0.384. The van der Waals surface area contributed by atoms with Crippen LogP contribution in [0.5, 0.6) is 0 Å². The quantitative estimate of drug-likeness (QED) is 0.159. The average Bonchev–Trinajstić information content (AvgIpc) is 2.80. The summed E-state index contributed by atoms with van der Waals surface area (Å²) in [5.74, 6) is -4.11. The van der Waals surface area contributed by atoms with Crippen molar-refractivity contribution in [1.82, 2.24) is 0 Å². The average molecular weight is 501 g/mol. The van der Waals surface area contributed by atoms with E-state index in [4.69, 9.17) is 19.9 Å². The van der Waals surface area contributed by atoms with Crippen LogP contribution in [0.4, 0.5) is 5.69 Å². The number of ketones is 1. The molecule has 2 N–H and O–H groups in total. The predicted molar refractivity (Wildman–Crippen MR) is 126 cm³/mol. The van der Waals surface area contributed by atoms with Crippen molar-refractivity contribution in [3.8, 4) is 0 Å². The SMILES string of the molecule is CC(C)(C)OC(=O)[C@](N)(CC(=O)CC(=O)OCc1ccc([N+](=O)[O-])cc1)C(=O)OCc1ccccc1. The second-order valence-electron chi connectivity index (χ2n) is 9.01. The molecule has 0 heterocycles. The molecule has 0 amide bonds. The molecule has 0 unspecified atom stereocenters. The minimum atomic E-state index is -2.47. The lowest BCUT2D eigenvalue weighted by Gasteiger charge is -2.29. The monoisotopic (exact) mass is 500 g/mol. The summed E-state index contributed by atoms with van der Waals surface area (Å²) in [4.78, 5) is 60.4. The van der Waals surface area contributed by atoms with E-state index in [0.717, 1.165) is 0 Å². The zero-order chi connectivity index (χ0) is 26.9. The zero-order valence-electron chi connectivity index (χ0n) is 20.2. The second-order valence-corrected chi connectivity index (χ2v) is 9.01. The largest absolute Gasteiger partial charge is 0.460 e. The molecular formula is C25H28N2O9. The number of nitrogens with two attached hydrogens (primary N) is 1. The van der Waals surface area contributed by atoms with E-state index in [1.165, 1.54) is 24.3 Å². The van der Waals surface area contributed by atoms with Gasteiger partial charge >= 0.3 is 17.9 Å². The molecule has 11 nitrogen and oxygen atoms in total. The lowest BCUT2D eigenvalue weighted by Crippen LogP contribution is -2.59. The summed E-state index contributed by atoms with van der Waals surface area (Å²) in [7, 11) is 0. The summed E-state index contributed by atoms with van der Waals surface area (Å²) in [5, 5.41) is 10.7. The van der Waals surface area contributed by atoms with Gasteiger partial charge in [-0.05, 0) is 44.0 Å². The molecule has 0 saturated carbocycles. The van der Waals surface area contributed by atoms with Crippen LogP contribution in [-0.2, 0) is 46.6 Å². The first-order chi connectivity index (χ1) is 16.8. The van der Waals surface area contributed by atoms with Gasteiger partial charge in [-0.15, -0.1) is 0 Å². The summed E-state index contributed by atoms with van der Waals surface area (Å²) < 4.78 is 15.4. The van der Waals surface area contributed by atoms with Gasteiger partial charge in [-0.1, -0.05) is 30.3 Å². The number of carbonyl (C=O) groups is 4. The van der Waals surface area contributed by atoms with Crippen molar-refractivity contribution in [3.05, 3.63) is 75.8 Å². The number of esters is 3. The van der Waals surface area contributed by atoms with Crippen molar-refractivity contribution in [2.24, 2.45) is 5.73 Å². The number of non-ortho nitro benzene ring substituents is 1. The van der Waals surface area contributed by atoms with E-state index in [1.807, 2.05) is 0 Å². The molecule has 0 saturated heterocycles. The highest BCUT2D eigenvalue weighted by molar-refractivity contribution is 6.10. The summed E-state index contributed by atoms with van der Waals surface area (Å²) in [5.41, 5.74) is 3.56. The van der Waals surface area contributed by atoms with E-state index < -0.39 is 52.6 Å². The molecule has 1 atom stereocenters. The normalized spacial score (nSPS) is 12.7. The molecular weight excluding hydrogens is 472 g/mol. The number of rotatable bonds is 11. The smallest absolute Gasteiger partial charge is 0.338 e. The van der Waals surface area contributed by atoms with Gasteiger partial charge in [-0.25, -0.2) is 9.59 Å². The number of hydrogen-bond acceptors (Lipinski definition) is 10. The number of nitrogens with zero attached hydrogens (tertiary/aromatic N) is 1. The minimum absolute atomic E-state index is 0.124. The van der Waals surface area contributed by atoms with E-state index in [2.05, 4.69) is 0 Å². The number of nitro benzene ring substituents is 1. The second kappa shape index (κ2) is 12.0. The van der Waals surface area contributed by atoms with Crippen LogP contribution in [0.3, 0.4) is 0 Å². The Morgan fingerprint density at radius 2 is 1.42 bits per heavy atom. The molecule has 0 bridgehead atoms. The summed E-state index contributed by atoms with van der Waals surface area (Å²) >= 11 is 0. The fourth-order valence-electron chi connectivity index (χ4n) is 2.91. The van der Waals surface area contributed by atoms with Gasteiger partial charge in [-0.2, -0.15) is 0 Å². The van der Waals surface area contributed by atoms with Gasteiger partial charge in [0.05, 0.1) is 4.92 Å². The van der Waals surface area contributed by atoms with Gasteiger partial charge < -0.3 is 19.9 Å². The molecule has 2 rings (SSSR count). The van der Waals surface area contributed by atoms with Crippen molar-refractivity contribution >= 4 is 29.4 Å². The molecule has 0 aliphatic carbocycles. The van der Waals surface area contributed by atoms with E-state index in [9.17, 15) is 29.3 Å². The molecule has 0 aromatic heterocycles. The molecule has 0 spiro atoms. The third-order valence-electron chi connectivity index (χ3n) is 4.70. The molecule has 0 radical (unpaired) electrons. The third kappa shape index (κ3) is 8.58. The molecule has 0 fully saturated rings. The number of carbonyl (C=O) groups excluding carboxylic acids is 4. The standard InChI is InChI=1S/C25H28N2O9/c1-24(2,3)36-23(31)25(26,22(30)35-16-17-7-5-4-6-8-17)14-20(28)13-21(29)34-15-18-9-11-19(12-10-18)27(32)33/h4-12H,13-16,26H2,1-3H3/t25-/m0/s1. The fourth-order valence-corrected chi connectivity index (χ4v) is 2.91. The minimum Gasteiger partial charge on any atom is -0.460 e. The topological polar surface area (TPSA) is 165 Å². The van der Waals surface area contributed by atoms with Crippen molar-refractivity contribution in [1.29, 1.82) is 0 Å². The number of ether oxygens (including phenoxy) is 3. The van der Waals surface area contributed by atoms with Crippen LogP contribution in [0.25, 0.3) is 0 Å². The van der Waals surface area contributed by atoms with Gasteiger partial charge in [-0.3, -0.25) is 19.7 Å². The molecule has 0 aliphatic heterocycles. The van der Waals surface area contributed by atoms with Crippen molar-refractivity contribution in [2.45, 2.75) is 58.0 Å². The maximum absolute atomic E-state index is 12.8. The molecule has 2 aromatic rings. The Kier molecular flexibility index (Phi) is 9.39. The Hall–Kier alpha value is -4.12. The fraction of sp³-hybridized carbons (Fsp3) is 0.360. The van der Waals surface area contributed by atoms with Gasteiger partial charge in [0.25, 0.3) is 5.69 Å². The number of nitro groups is 1. The third-order valence-corrected chi connectivity index (χ3v) is 4.70. The van der Waals surface area contributed by atoms with Gasteiger partial charge in [0.2, 0.25) is 5.54 Å². The van der Waals surface area contributed by atoms with Gasteiger partial charge in [0.15, 0.2) is 0 Å². The summed E-state index contributed by atoms with van der Waals surface area (Å²) in [6, 6.07) is 14.0. The molecule has 2 aromatic carbocycles. The van der Waals surface area contributed by atoms with Crippen molar-refractivity contribution in [2.75, 3.05) is 0 Å². The first-order valence-electron chi connectivity index (χ1n) is 10.9. The van der Waals surface area contributed by atoms with Gasteiger partial charge in [0.1, 0.15) is 31.0 Å². The number of benzene rings is 2. The van der Waals surface area contributed by atoms with Crippen LogP contribution in [0.15, 0.2) is 54.6 Å². The maximum Gasteiger partial charge on any atom is 0.338 e. The van der Waals surface area contributed by atoms with Crippen LogP contribution in [0.1, 0.15) is 44.7 Å². The highest BCUT2D eigenvalue weighted by Crippen LogP contribution is 2.20. The molecule has 192 valence electrons. The van der Waals surface area contributed by atoms with Crippen LogP contribution < -0.4 is 5.73 Å². The summed E-state index contributed by atoms with van der Waals surface area (Å²) in [6.07, 6.45) is -1.61. The maximum atomic E-state index is 12.8. The van der Waals surface area contributed by atoms with Crippen LogP contribution in [0, 0.1) is 10.1 Å². The number of hydrogen-bond donors (Lipinski definition) is 1. The van der Waals surface area contributed by atoms with Crippen LogP contribution in [-0.4, -0.2) is 39.8 Å². The van der Waals surface area contributed by atoms with E-state index in [1.54, 1.807) is 51.1 Å². The lowest BCUT2D eigenvalue weighted by atomic mass is 9.92. The first kappa shape index (κ1) is 28.1. The first-order valence-corrected chi connectivity index (χ1v) is 10.9. The van der Waals surface area contributed by atoms with Crippen molar-refractivity contribution < 1.29 is 38.3 Å². The Bertz CT molecular complexity index is 1110. The Labute approximate surface area is 207 Å². The highest BCUT2D eigenvalue weighted by atomic mass is 16.6. The molecule has 36 heavy (non-hydrogen) atoms. The summed E-state index contributed by atoms with van der Waals surface area (Å²) in [6.45, 7) is 4.28. The van der Waals surface area contributed by atoms with Crippen LogP contribution in [0.2, 0.25) is 0 Å². The Balaban J connectivity index is 2.03. The van der Waals surface area contributed by atoms with Crippen LogP contribution >= 0.6 is 0 Å². The predicted octanol–water partition coefficient (Wildman–Crippen LogP) is 2.77. The Morgan fingerprint density at radius 1 is 0.861 bits per heavy atom. The molecule has 11 heteroatoms. The van der Waals surface area contributed by atoms with E-state index in [-0.39, 0.29) is 18.9 Å².